The van der Waals surface area contributed by atoms with Gasteiger partial charge in [0.15, 0.2) is 0 Å². The van der Waals surface area contributed by atoms with Gasteiger partial charge in [0.1, 0.15) is 0 Å². The first-order valence-electron chi connectivity index (χ1n) is 13.7. The van der Waals surface area contributed by atoms with Crippen LogP contribution in [0, 0.1) is 12.0 Å². The molecular weight excluding hydrogens is 631 g/mol. The Morgan fingerprint density at radius 3 is 1.55 bits per heavy atom. The van der Waals surface area contributed by atoms with Gasteiger partial charge in [-0.3, -0.25) is 6.08 Å². The monoisotopic (exact) mass is 664 g/mol. The van der Waals surface area contributed by atoms with E-state index in [9.17, 15) is 0 Å². The van der Waals surface area contributed by atoms with E-state index in [4.69, 9.17) is 0 Å². The molecule has 1 unspecified atom stereocenters. The number of rotatable bonds is 6. The van der Waals surface area contributed by atoms with Crippen LogP contribution in [0.1, 0.15) is 36.1 Å². The Balaban J connectivity index is 0.000000231. The van der Waals surface area contributed by atoms with Gasteiger partial charge in [0, 0.05) is 0 Å². The Labute approximate surface area is 279 Å². The van der Waals surface area contributed by atoms with Crippen molar-refractivity contribution in [3.05, 3.63) is 162 Å². The molecule has 0 saturated carbocycles. The van der Waals surface area contributed by atoms with E-state index in [0.29, 0.717) is 5.92 Å². The second kappa shape index (κ2) is 17.9. The zero-order valence-electron chi connectivity index (χ0n) is 24.3. The first-order valence-corrected chi connectivity index (χ1v) is 15.0. The molecule has 0 N–H and O–H groups in total. The van der Waals surface area contributed by atoms with E-state index in [1.807, 2.05) is 18.2 Å². The summed E-state index contributed by atoms with van der Waals surface area (Å²) in [4.78, 5) is 0. The third kappa shape index (κ3) is 10.4. The first kappa shape index (κ1) is 35.2. The molecule has 0 saturated heterocycles. The number of fused-ring (bicyclic) bond motifs is 3. The summed E-state index contributed by atoms with van der Waals surface area (Å²) in [7, 11) is 0. The molecule has 0 bridgehead atoms. The second-order valence-corrected chi connectivity index (χ2v) is 11.9. The molecule has 5 aromatic carbocycles. The summed E-state index contributed by atoms with van der Waals surface area (Å²) in [5, 5.41) is 5.15. The van der Waals surface area contributed by atoms with E-state index >= 15 is 0 Å². The van der Waals surface area contributed by atoms with E-state index in [2.05, 4.69) is 142 Å². The van der Waals surface area contributed by atoms with E-state index in [1.54, 1.807) is 27.4 Å². The third-order valence-electron chi connectivity index (χ3n) is 6.83. The van der Waals surface area contributed by atoms with Crippen LogP contribution in [0.25, 0.3) is 33.7 Å². The van der Waals surface area contributed by atoms with Crippen molar-refractivity contribution in [3.8, 4) is 0 Å². The molecule has 0 fully saturated rings. The Bertz CT molecular complexity index is 1550. The van der Waals surface area contributed by atoms with Crippen LogP contribution in [-0.4, -0.2) is 3.21 Å². The molecule has 0 spiro atoms. The minimum absolute atomic E-state index is 0. The number of halogens is 2. The van der Waals surface area contributed by atoms with Crippen molar-refractivity contribution < 1.29 is 49.0 Å². The molecule has 0 heterocycles. The maximum absolute atomic E-state index is 3.82. The average molecular weight is 667 g/mol. The fourth-order valence-electron chi connectivity index (χ4n) is 4.79. The third-order valence-corrected chi connectivity index (χ3v) is 7.70. The van der Waals surface area contributed by atoms with Gasteiger partial charge in [-0.15, -0.1) is 46.7 Å². The molecule has 0 aromatic heterocycles. The van der Waals surface area contributed by atoms with Crippen LogP contribution >= 0.6 is 0 Å². The fraction of sp³-hybridized carbons (Fsp3) is 0.128. The van der Waals surface area contributed by atoms with Gasteiger partial charge >= 0.3 is 112 Å². The summed E-state index contributed by atoms with van der Waals surface area (Å²) < 4.78 is 1.60. The van der Waals surface area contributed by atoms with Gasteiger partial charge in [0.05, 0.1) is 0 Å². The Kier molecular flexibility index (Phi) is 15.0. The van der Waals surface area contributed by atoms with Gasteiger partial charge in [0.2, 0.25) is 0 Å². The second-order valence-electron chi connectivity index (χ2n) is 10.2. The standard InChI is InChI=1S/C17H13.C15H14.C7H9.2ClH.Zr/c1-3-12-5-7-14-11-15-8-6-13(4-2)10-17(15)16(14)9-12;1-3-8-14(9-4-1)12-7-13-15-10-5-2-6-11-15;1-6-3-4-7(2)5-6;;;/h3-11H,1-2H2;1-6,8-11H,12-13H2;3,5,7H,1-2H3;2*1H;/q-1;;-1;;;+2/p-2. The molecule has 0 aliphatic heterocycles. The predicted molar refractivity (Wildman–Crippen MR) is 173 cm³/mol. The molecule has 1 aliphatic rings. The van der Waals surface area contributed by atoms with E-state index < -0.39 is 0 Å². The van der Waals surface area contributed by atoms with E-state index in [0.717, 1.165) is 24.0 Å². The summed E-state index contributed by atoms with van der Waals surface area (Å²) >= 11 is 1.55. The van der Waals surface area contributed by atoms with Crippen molar-refractivity contribution in [1.29, 1.82) is 0 Å². The van der Waals surface area contributed by atoms with Crippen LogP contribution in [0.2, 0.25) is 0 Å². The van der Waals surface area contributed by atoms with Crippen molar-refractivity contribution in [1.82, 2.24) is 0 Å². The summed E-state index contributed by atoms with van der Waals surface area (Å²) in [6.07, 6.45) is 13.4. The van der Waals surface area contributed by atoms with Gasteiger partial charge in [-0.1, -0.05) is 62.4 Å². The number of hydrogen-bond acceptors (Lipinski definition) is 0. The Morgan fingerprint density at radius 1 is 0.762 bits per heavy atom. The van der Waals surface area contributed by atoms with Gasteiger partial charge in [0.25, 0.3) is 0 Å². The zero-order chi connectivity index (χ0) is 28.3. The van der Waals surface area contributed by atoms with Crippen LogP contribution in [0.15, 0.2) is 134 Å². The molecule has 0 radical (unpaired) electrons. The normalized spacial score (nSPS) is 13.0. The van der Waals surface area contributed by atoms with Crippen molar-refractivity contribution in [2.45, 2.75) is 26.7 Å². The van der Waals surface area contributed by atoms with Gasteiger partial charge in [-0.05, 0) is 11.1 Å². The Morgan fingerprint density at radius 2 is 1.21 bits per heavy atom. The Hall–Kier alpha value is -2.96. The SMILES string of the molecule is C=Cc1ccc2[cH-]c3ccc(C=C)cc3c2c1.CC1=CC(C)[C-]=C1.[Cl-].[Cl-].[Zr+2]=[C](Cc1ccccc1)Cc1ccccc1. The van der Waals surface area contributed by atoms with Crippen LogP contribution in [0.4, 0.5) is 0 Å². The van der Waals surface area contributed by atoms with Gasteiger partial charge in [-0.25, -0.2) is 11.6 Å². The molecule has 5 aromatic rings. The van der Waals surface area contributed by atoms with Crippen LogP contribution in [0.5, 0.6) is 0 Å². The van der Waals surface area contributed by atoms with Crippen molar-refractivity contribution >= 4 is 36.9 Å². The summed E-state index contributed by atoms with van der Waals surface area (Å²) in [5.74, 6) is 0.556. The quantitative estimate of drug-likeness (QED) is 0.239. The van der Waals surface area contributed by atoms with Gasteiger partial charge in [-0.2, -0.15) is 6.08 Å². The number of hydrogen-bond donors (Lipinski definition) is 0. The molecule has 0 nitrogen and oxygen atoms in total. The molecule has 6 rings (SSSR count). The van der Waals surface area contributed by atoms with Crippen LogP contribution in [-0.2, 0) is 37.1 Å². The number of benzene rings is 4. The van der Waals surface area contributed by atoms with Crippen LogP contribution in [0.3, 0.4) is 0 Å². The minimum atomic E-state index is 0. The van der Waals surface area contributed by atoms with Crippen molar-refractivity contribution in [2.75, 3.05) is 0 Å². The van der Waals surface area contributed by atoms with Crippen molar-refractivity contribution in [2.24, 2.45) is 5.92 Å². The van der Waals surface area contributed by atoms with Crippen LogP contribution < -0.4 is 24.8 Å². The van der Waals surface area contributed by atoms with Gasteiger partial charge < -0.3 is 24.8 Å². The van der Waals surface area contributed by atoms with E-state index in [1.165, 1.54) is 38.2 Å². The molecule has 212 valence electrons. The molecular formula is C39H36Cl2Zr-2. The fourth-order valence-corrected chi connectivity index (χ4v) is 5.79. The van der Waals surface area contributed by atoms with Crippen molar-refractivity contribution in [3.63, 3.8) is 0 Å². The molecule has 1 atom stereocenters. The predicted octanol–water partition coefficient (Wildman–Crippen LogP) is 4.14. The summed E-state index contributed by atoms with van der Waals surface area (Å²) in [6, 6.07) is 36.5. The topological polar surface area (TPSA) is 0 Å². The zero-order valence-corrected chi connectivity index (χ0v) is 28.3. The summed E-state index contributed by atoms with van der Waals surface area (Å²) in [6.45, 7) is 11.9. The average Bonchev–Trinajstić information content (AvgIpc) is 3.55. The first-order chi connectivity index (χ1) is 19.4. The molecule has 42 heavy (non-hydrogen) atoms. The van der Waals surface area contributed by atoms with E-state index in [-0.39, 0.29) is 24.8 Å². The maximum atomic E-state index is 3.82. The molecule has 0 amide bonds. The number of allylic oxidation sites excluding steroid dienone is 4. The summed E-state index contributed by atoms with van der Waals surface area (Å²) in [5.41, 5.74) is 6.51. The molecule has 1 aliphatic carbocycles. The molecule has 3 heteroatoms.